The third-order valence-electron chi connectivity index (χ3n) is 2.80. The molecule has 2 aromatic rings. The van der Waals surface area contributed by atoms with Crippen molar-refractivity contribution < 1.29 is 9.53 Å². The number of carbonyl (C=O) groups excluding carboxylic acids is 1. The van der Waals surface area contributed by atoms with Gasteiger partial charge in [-0.05, 0) is 11.4 Å². The standard InChI is InChI=1S/C11H11N3O3S2/c1-14-9(15)8-7(2-3-18-8)13-10(14)19-5-6-4-17-11(16)12-6/h2-3,6H,4-5H2,1H3,(H,12,16). The molecule has 19 heavy (non-hydrogen) atoms. The molecule has 0 aliphatic carbocycles. The first kappa shape index (κ1) is 12.5. The van der Waals surface area contributed by atoms with Gasteiger partial charge in [-0.25, -0.2) is 9.78 Å². The van der Waals surface area contributed by atoms with Gasteiger partial charge in [-0.1, -0.05) is 11.8 Å². The van der Waals surface area contributed by atoms with Crippen molar-refractivity contribution in [3.05, 3.63) is 21.8 Å². The summed E-state index contributed by atoms with van der Waals surface area (Å²) in [6.45, 7) is 0.362. The van der Waals surface area contributed by atoms with Crippen molar-refractivity contribution in [1.29, 1.82) is 0 Å². The fourth-order valence-corrected chi connectivity index (χ4v) is 3.56. The molecule has 0 bridgehead atoms. The molecular formula is C11H11N3O3S2. The van der Waals surface area contributed by atoms with E-state index in [9.17, 15) is 9.59 Å². The molecule has 1 N–H and O–H groups in total. The van der Waals surface area contributed by atoms with Crippen LogP contribution in [0.5, 0.6) is 0 Å². The number of nitrogens with one attached hydrogen (secondary N) is 1. The van der Waals surface area contributed by atoms with E-state index >= 15 is 0 Å². The van der Waals surface area contributed by atoms with Crippen molar-refractivity contribution in [3.63, 3.8) is 0 Å². The molecule has 1 amide bonds. The van der Waals surface area contributed by atoms with Crippen LogP contribution in [0.3, 0.4) is 0 Å². The van der Waals surface area contributed by atoms with Crippen LogP contribution in [0.15, 0.2) is 21.4 Å². The van der Waals surface area contributed by atoms with Gasteiger partial charge in [0.05, 0.1) is 11.6 Å². The Labute approximate surface area is 116 Å². The Morgan fingerprint density at radius 2 is 2.47 bits per heavy atom. The van der Waals surface area contributed by atoms with Crippen molar-refractivity contribution in [2.24, 2.45) is 7.05 Å². The van der Waals surface area contributed by atoms with Gasteiger partial charge in [0.25, 0.3) is 5.56 Å². The summed E-state index contributed by atoms with van der Waals surface area (Å²) in [4.78, 5) is 27.5. The lowest BCUT2D eigenvalue weighted by Crippen LogP contribution is -2.29. The van der Waals surface area contributed by atoms with Gasteiger partial charge in [0, 0.05) is 12.8 Å². The summed E-state index contributed by atoms with van der Waals surface area (Å²) in [6.07, 6.45) is -0.388. The molecule has 0 aromatic carbocycles. The first-order valence-electron chi connectivity index (χ1n) is 5.65. The molecule has 8 heteroatoms. The Balaban J connectivity index is 1.82. The number of carbonyl (C=O) groups is 1. The van der Waals surface area contributed by atoms with E-state index in [-0.39, 0.29) is 17.7 Å². The van der Waals surface area contributed by atoms with Crippen LogP contribution in [0.1, 0.15) is 0 Å². The molecule has 1 saturated heterocycles. The molecule has 1 unspecified atom stereocenters. The summed E-state index contributed by atoms with van der Waals surface area (Å²) in [7, 11) is 1.71. The van der Waals surface area contributed by atoms with Gasteiger partial charge in [-0.15, -0.1) is 11.3 Å². The lowest BCUT2D eigenvalue weighted by Gasteiger charge is -2.09. The van der Waals surface area contributed by atoms with Crippen LogP contribution in [0.4, 0.5) is 4.79 Å². The number of nitrogens with zero attached hydrogens (tertiary/aromatic N) is 2. The van der Waals surface area contributed by atoms with Crippen molar-refractivity contribution in [2.45, 2.75) is 11.2 Å². The Hall–Kier alpha value is -1.54. The maximum Gasteiger partial charge on any atom is 0.407 e. The number of cyclic esters (lactones) is 1. The van der Waals surface area contributed by atoms with E-state index in [0.717, 1.165) is 5.52 Å². The Morgan fingerprint density at radius 3 is 3.21 bits per heavy atom. The number of rotatable bonds is 3. The van der Waals surface area contributed by atoms with E-state index in [1.807, 2.05) is 11.4 Å². The van der Waals surface area contributed by atoms with Gasteiger partial charge in [0.2, 0.25) is 0 Å². The Bertz CT molecular complexity index is 694. The van der Waals surface area contributed by atoms with E-state index in [2.05, 4.69) is 10.3 Å². The summed E-state index contributed by atoms with van der Waals surface area (Å²) in [5.41, 5.74) is 0.691. The van der Waals surface area contributed by atoms with Gasteiger partial charge in [-0.3, -0.25) is 9.36 Å². The van der Waals surface area contributed by atoms with Crippen LogP contribution < -0.4 is 10.9 Å². The highest BCUT2D eigenvalue weighted by Gasteiger charge is 2.22. The number of hydrogen-bond donors (Lipinski definition) is 1. The largest absolute Gasteiger partial charge is 0.447 e. The minimum Gasteiger partial charge on any atom is -0.447 e. The first-order chi connectivity index (χ1) is 9.15. The third-order valence-corrected chi connectivity index (χ3v) is 4.88. The molecule has 0 radical (unpaired) electrons. The second-order valence-electron chi connectivity index (χ2n) is 4.14. The number of thiophene rings is 1. The van der Waals surface area contributed by atoms with Crippen LogP contribution in [-0.4, -0.2) is 34.0 Å². The zero-order valence-electron chi connectivity index (χ0n) is 10.1. The van der Waals surface area contributed by atoms with Crippen molar-refractivity contribution in [1.82, 2.24) is 14.9 Å². The minimum atomic E-state index is -0.388. The molecule has 6 nitrogen and oxygen atoms in total. The smallest absolute Gasteiger partial charge is 0.407 e. The van der Waals surface area contributed by atoms with Crippen molar-refractivity contribution in [3.8, 4) is 0 Å². The van der Waals surface area contributed by atoms with E-state index in [1.165, 1.54) is 23.1 Å². The van der Waals surface area contributed by atoms with E-state index in [1.54, 1.807) is 11.6 Å². The summed E-state index contributed by atoms with van der Waals surface area (Å²) < 4.78 is 7.03. The molecule has 100 valence electrons. The average Bonchev–Trinajstić information content (AvgIpc) is 3.01. The zero-order chi connectivity index (χ0) is 13.4. The van der Waals surface area contributed by atoms with E-state index in [4.69, 9.17) is 4.74 Å². The number of aromatic nitrogens is 2. The maximum absolute atomic E-state index is 12.1. The summed E-state index contributed by atoms with van der Waals surface area (Å²) in [5.74, 6) is 0.627. The Morgan fingerprint density at radius 1 is 1.63 bits per heavy atom. The highest BCUT2D eigenvalue weighted by Crippen LogP contribution is 2.21. The van der Waals surface area contributed by atoms with Gasteiger partial charge >= 0.3 is 6.09 Å². The normalized spacial score (nSPS) is 18.6. The van der Waals surface area contributed by atoms with Gasteiger partial charge < -0.3 is 10.1 Å². The molecular weight excluding hydrogens is 286 g/mol. The molecule has 1 fully saturated rings. The SMILES string of the molecule is Cn1c(SCC2COC(=O)N2)nc2ccsc2c1=O. The fourth-order valence-electron chi connectivity index (χ4n) is 1.79. The monoisotopic (exact) mass is 297 g/mol. The second kappa shape index (κ2) is 4.86. The molecule has 0 spiro atoms. The topological polar surface area (TPSA) is 73.2 Å². The van der Waals surface area contributed by atoms with Gasteiger partial charge in [-0.2, -0.15) is 0 Å². The Kier molecular flexibility index (Phi) is 3.19. The number of alkyl carbamates (subject to hydrolysis) is 1. The number of amides is 1. The van der Waals surface area contributed by atoms with Crippen LogP contribution in [0, 0.1) is 0 Å². The fraction of sp³-hybridized carbons (Fsp3) is 0.364. The highest BCUT2D eigenvalue weighted by atomic mass is 32.2. The van der Waals surface area contributed by atoms with Gasteiger partial charge in [0.15, 0.2) is 5.16 Å². The van der Waals surface area contributed by atoms with Crippen LogP contribution in [-0.2, 0) is 11.8 Å². The van der Waals surface area contributed by atoms with E-state index in [0.29, 0.717) is 22.2 Å². The van der Waals surface area contributed by atoms with Crippen LogP contribution >= 0.6 is 23.1 Å². The number of hydrogen-bond acceptors (Lipinski definition) is 6. The first-order valence-corrected chi connectivity index (χ1v) is 7.52. The van der Waals surface area contributed by atoms with Crippen molar-refractivity contribution >= 4 is 39.4 Å². The minimum absolute atomic E-state index is 0.0331. The quantitative estimate of drug-likeness (QED) is 0.680. The van der Waals surface area contributed by atoms with Gasteiger partial charge in [0.1, 0.15) is 11.3 Å². The molecule has 1 aliphatic heterocycles. The zero-order valence-corrected chi connectivity index (χ0v) is 11.7. The summed E-state index contributed by atoms with van der Waals surface area (Å²) in [6, 6.07) is 1.80. The lowest BCUT2D eigenvalue weighted by atomic mass is 10.4. The second-order valence-corrected chi connectivity index (χ2v) is 6.05. The molecule has 1 aliphatic rings. The molecule has 3 rings (SSSR count). The average molecular weight is 297 g/mol. The predicted octanol–water partition coefficient (Wildman–Crippen LogP) is 1.20. The molecule has 3 heterocycles. The predicted molar refractivity (Wildman–Crippen MR) is 73.9 cm³/mol. The molecule has 1 atom stereocenters. The maximum atomic E-state index is 12.1. The van der Waals surface area contributed by atoms with Crippen LogP contribution in [0.25, 0.3) is 10.2 Å². The van der Waals surface area contributed by atoms with Crippen LogP contribution in [0.2, 0.25) is 0 Å². The van der Waals surface area contributed by atoms with Crippen molar-refractivity contribution in [2.75, 3.05) is 12.4 Å². The molecule has 2 aromatic heterocycles. The highest BCUT2D eigenvalue weighted by molar-refractivity contribution is 7.99. The summed E-state index contributed by atoms with van der Waals surface area (Å²) >= 11 is 2.84. The number of ether oxygens (including phenoxy) is 1. The number of fused-ring (bicyclic) bond motifs is 1. The molecule has 0 saturated carbocycles. The number of thioether (sulfide) groups is 1. The van der Waals surface area contributed by atoms with E-state index < -0.39 is 0 Å². The third kappa shape index (κ3) is 2.33. The lowest BCUT2D eigenvalue weighted by molar-refractivity contribution is 0.177. The summed E-state index contributed by atoms with van der Waals surface area (Å²) in [5, 5.41) is 5.20.